The molecule has 2 aromatic heterocycles. The van der Waals surface area contributed by atoms with Gasteiger partial charge in [0, 0.05) is 50.2 Å². The van der Waals surface area contributed by atoms with Crippen LogP contribution in [0.5, 0.6) is 0 Å². The quantitative estimate of drug-likeness (QED) is 0.644. The summed E-state index contributed by atoms with van der Waals surface area (Å²) in [5, 5.41) is 16.8. The third kappa shape index (κ3) is 4.59. The van der Waals surface area contributed by atoms with Crippen LogP contribution in [0.25, 0.3) is 5.69 Å². The van der Waals surface area contributed by atoms with E-state index in [9.17, 15) is 10.1 Å². The Hall–Kier alpha value is -3.41. The molecule has 0 saturated carbocycles. The predicted molar refractivity (Wildman–Crippen MR) is 122 cm³/mol. The Morgan fingerprint density at radius 1 is 1.12 bits per heavy atom. The normalized spacial score (nSPS) is 14.9. The first-order valence-electron chi connectivity index (χ1n) is 10.8. The molecule has 4 rings (SSSR count). The van der Waals surface area contributed by atoms with Crippen molar-refractivity contribution in [3.8, 4) is 11.8 Å². The van der Waals surface area contributed by atoms with Gasteiger partial charge in [-0.1, -0.05) is 23.4 Å². The van der Waals surface area contributed by atoms with Gasteiger partial charge in [-0.15, -0.1) is 0 Å². The summed E-state index contributed by atoms with van der Waals surface area (Å²) in [4.78, 5) is 17.4. The van der Waals surface area contributed by atoms with E-state index in [2.05, 4.69) is 26.3 Å². The standard InChI is InChI=1S/C24H28N6O2/c1-17-13-20(27-32-17)15-28-9-11-29(12-10-28)16-23(31)26-24-22(14-25)18(2)19(3)30(24)21-7-5-4-6-8-21/h4-8,13H,9-12,15-16H2,1-3H3,(H,26,31). The number of hydrogen-bond acceptors (Lipinski definition) is 6. The summed E-state index contributed by atoms with van der Waals surface area (Å²) in [6, 6.07) is 14.0. The van der Waals surface area contributed by atoms with Gasteiger partial charge in [0.1, 0.15) is 17.6 Å². The maximum absolute atomic E-state index is 12.9. The van der Waals surface area contributed by atoms with Crippen molar-refractivity contribution in [2.75, 3.05) is 38.0 Å². The molecule has 0 bridgehead atoms. The molecule has 0 aliphatic carbocycles. The van der Waals surface area contributed by atoms with Crippen LogP contribution in [0.4, 0.5) is 5.82 Å². The smallest absolute Gasteiger partial charge is 0.239 e. The summed E-state index contributed by atoms with van der Waals surface area (Å²) in [5.74, 6) is 1.24. The molecule has 1 N–H and O–H groups in total. The van der Waals surface area contributed by atoms with E-state index >= 15 is 0 Å². The number of carbonyl (C=O) groups excluding carboxylic acids is 1. The largest absolute Gasteiger partial charge is 0.361 e. The van der Waals surface area contributed by atoms with Crippen LogP contribution >= 0.6 is 0 Å². The summed E-state index contributed by atoms with van der Waals surface area (Å²) in [6.07, 6.45) is 0. The summed E-state index contributed by atoms with van der Waals surface area (Å²) in [7, 11) is 0. The number of rotatable bonds is 6. The summed E-state index contributed by atoms with van der Waals surface area (Å²) in [5.41, 5.74) is 4.18. The summed E-state index contributed by atoms with van der Waals surface area (Å²) >= 11 is 0. The highest BCUT2D eigenvalue weighted by Crippen LogP contribution is 2.29. The highest BCUT2D eigenvalue weighted by Gasteiger charge is 2.23. The van der Waals surface area contributed by atoms with Crippen LogP contribution in [-0.4, -0.2) is 58.2 Å². The van der Waals surface area contributed by atoms with Crippen molar-refractivity contribution in [3.05, 3.63) is 64.7 Å². The second-order valence-corrected chi connectivity index (χ2v) is 8.25. The number of amides is 1. The lowest BCUT2D eigenvalue weighted by atomic mass is 10.2. The van der Waals surface area contributed by atoms with Gasteiger partial charge in [-0.3, -0.25) is 19.2 Å². The molecule has 3 heterocycles. The molecular weight excluding hydrogens is 404 g/mol. The van der Waals surface area contributed by atoms with Gasteiger partial charge >= 0.3 is 0 Å². The van der Waals surface area contributed by atoms with E-state index in [0.29, 0.717) is 17.9 Å². The number of nitrogens with zero attached hydrogens (tertiary/aromatic N) is 5. The van der Waals surface area contributed by atoms with Crippen LogP contribution in [0.2, 0.25) is 0 Å². The number of nitrogens with one attached hydrogen (secondary N) is 1. The minimum absolute atomic E-state index is 0.114. The first-order valence-corrected chi connectivity index (χ1v) is 10.8. The van der Waals surface area contributed by atoms with E-state index < -0.39 is 0 Å². The number of aryl methyl sites for hydroxylation is 1. The van der Waals surface area contributed by atoms with Crippen molar-refractivity contribution in [1.82, 2.24) is 19.5 Å². The number of hydrogen-bond donors (Lipinski definition) is 1. The molecule has 1 saturated heterocycles. The zero-order valence-corrected chi connectivity index (χ0v) is 18.8. The second-order valence-electron chi connectivity index (χ2n) is 8.25. The van der Waals surface area contributed by atoms with Crippen LogP contribution in [0.3, 0.4) is 0 Å². The minimum Gasteiger partial charge on any atom is -0.361 e. The minimum atomic E-state index is -0.114. The van der Waals surface area contributed by atoms with Gasteiger partial charge in [-0.2, -0.15) is 5.26 Å². The zero-order valence-electron chi connectivity index (χ0n) is 18.8. The van der Waals surface area contributed by atoms with Gasteiger partial charge in [-0.05, 0) is 38.5 Å². The SMILES string of the molecule is Cc1cc(CN2CCN(CC(=O)Nc3c(C#N)c(C)c(C)n3-c3ccccc3)CC2)no1. The molecule has 0 unspecified atom stereocenters. The van der Waals surface area contributed by atoms with Crippen molar-refractivity contribution < 1.29 is 9.32 Å². The Morgan fingerprint density at radius 3 is 2.44 bits per heavy atom. The summed E-state index contributed by atoms with van der Waals surface area (Å²) < 4.78 is 7.09. The summed E-state index contributed by atoms with van der Waals surface area (Å²) in [6.45, 7) is 10.1. The third-order valence-electron chi connectivity index (χ3n) is 5.99. The molecule has 166 valence electrons. The van der Waals surface area contributed by atoms with Crippen LogP contribution in [0.1, 0.15) is 28.3 Å². The lowest BCUT2D eigenvalue weighted by Crippen LogP contribution is -2.48. The Bertz CT molecular complexity index is 1130. The van der Waals surface area contributed by atoms with Crippen molar-refractivity contribution in [3.63, 3.8) is 0 Å². The Labute approximate surface area is 188 Å². The monoisotopic (exact) mass is 432 g/mol. The van der Waals surface area contributed by atoms with Crippen molar-refractivity contribution >= 4 is 11.7 Å². The number of anilines is 1. The molecular formula is C24H28N6O2. The molecule has 0 radical (unpaired) electrons. The zero-order chi connectivity index (χ0) is 22.7. The van der Waals surface area contributed by atoms with E-state index in [1.165, 1.54) is 0 Å². The lowest BCUT2D eigenvalue weighted by molar-refractivity contribution is -0.117. The molecule has 1 fully saturated rings. The van der Waals surface area contributed by atoms with Crippen LogP contribution < -0.4 is 5.32 Å². The first-order chi connectivity index (χ1) is 15.5. The molecule has 8 nitrogen and oxygen atoms in total. The van der Waals surface area contributed by atoms with Gasteiger partial charge in [0.2, 0.25) is 5.91 Å². The van der Waals surface area contributed by atoms with E-state index in [1.54, 1.807) is 0 Å². The highest BCUT2D eigenvalue weighted by atomic mass is 16.5. The molecule has 1 aliphatic rings. The van der Waals surface area contributed by atoms with Crippen molar-refractivity contribution in [2.45, 2.75) is 27.3 Å². The number of nitriles is 1. The van der Waals surface area contributed by atoms with Crippen LogP contribution in [-0.2, 0) is 11.3 Å². The van der Waals surface area contributed by atoms with Gasteiger partial charge in [0.05, 0.1) is 17.8 Å². The van der Waals surface area contributed by atoms with Crippen molar-refractivity contribution in [1.29, 1.82) is 5.26 Å². The molecule has 8 heteroatoms. The van der Waals surface area contributed by atoms with E-state index in [-0.39, 0.29) is 5.91 Å². The van der Waals surface area contributed by atoms with Crippen molar-refractivity contribution in [2.24, 2.45) is 0 Å². The number of benzene rings is 1. The van der Waals surface area contributed by atoms with Crippen LogP contribution in [0.15, 0.2) is 40.9 Å². The van der Waals surface area contributed by atoms with Gasteiger partial charge in [-0.25, -0.2) is 0 Å². The third-order valence-corrected chi connectivity index (χ3v) is 5.99. The topological polar surface area (TPSA) is 90.3 Å². The predicted octanol–water partition coefficient (Wildman–Crippen LogP) is 3.02. The molecule has 1 aromatic carbocycles. The maximum Gasteiger partial charge on any atom is 0.239 e. The van der Waals surface area contributed by atoms with Gasteiger partial charge < -0.3 is 9.84 Å². The Balaban J connectivity index is 1.41. The molecule has 32 heavy (non-hydrogen) atoms. The average molecular weight is 433 g/mol. The Morgan fingerprint density at radius 2 is 1.81 bits per heavy atom. The Kier molecular flexibility index (Phi) is 6.40. The van der Waals surface area contributed by atoms with E-state index in [0.717, 1.165) is 61.1 Å². The lowest BCUT2D eigenvalue weighted by Gasteiger charge is -2.33. The number of para-hydroxylation sites is 1. The molecule has 1 amide bonds. The molecule has 0 atom stereocenters. The number of aromatic nitrogens is 2. The average Bonchev–Trinajstić information content (AvgIpc) is 3.30. The fourth-order valence-corrected chi connectivity index (χ4v) is 4.16. The van der Waals surface area contributed by atoms with Gasteiger partial charge in [0.15, 0.2) is 0 Å². The fraction of sp³-hybridized carbons (Fsp3) is 0.375. The molecule has 3 aromatic rings. The van der Waals surface area contributed by atoms with Crippen LogP contribution in [0, 0.1) is 32.1 Å². The highest BCUT2D eigenvalue weighted by molar-refractivity contribution is 5.93. The fourth-order valence-electron chi connectivity index (χ4n) is 4.16. The maximum atomic E-state index is 12.9. The second kappa shape index (κ2) is 9.39. The molecule has 0 spiro atoms. The molecule has 1 aliphatic heterocycles. The van der Waals surface area contributed by atoms with Gasteiger partial charge in [0.25, 0.3) is 0 Å². The number of piperazine rings is 1. The van der Waals surface area contributed by atoms with E-state index in [1.807, 2.05) is 61.7 Å². The number of carbonyl (C=O) groups is 1. The first kappa shape index (κ1) is 21.8. The van der Waals surface area contributed by atoms with E-state index in [4.69, 9.17) is 4.52 Å².